The number of aromatic carboxylic acids is 1. The van der Waals surface area contributed by atoms with Crippen molar-refractivity contribution in [2.45, 2.75) is 0 Å². The van der Waals surface area contributed by atoms with Crippen LogP contribution < -0.4 is 5.46 Å². The minimum absolute atomic E-state index is 0.0437. The number of benzene rings is 1. The number of rotatable bonds is 3. The Kier molecular flexibility index (Phi) is 3.30. The first kappa shape index (κ1) is 11.1. The second kappa shape index (κ2) is 4.47. The van der Waals surface area contributed by atoms with Crippen LogP contribution in [0.4, 0.5) is 5.69 Å². The molecule has 3 N–H and O–H groups in total. The van der Waals surface area contributed by atoms with E-state index < -0.39 is 13.1 Å². The van der Waals surface area contributed by atoms with E-state index in [9.17, 15) is 4.79 Å². The van der Waals surface area contributed by atoms with E-state index in [-0.39, 0.29) is 16.7 Å². The van der Waals surface area contributed by atoms with Crippen LogP contribution in [0, 0.1) is 0 Å². The lowest BCUT2D eigenvalue weighted by Crippen LogP contribution is -2.30. The molecular formula is C7H6BN3O4. The highest BCUT2D eigenvalue weighted by atomic mass is 16.4. The minimum Gasteiger partial charge on any atom is -0.478 e. The lowest BCUT2D eigenvalue weighted by Gasteiger charge is -2.04. The number of azide groups is 1. The van der Waals surface area contributed by atoms with Gasteiger partial charge in [-0.3, -0.25) is 0 Å². The van der Waals surface area contributed by atoms with Crippen LogP contribution in [0.25, 0.3) is 10.4 Å². The van der Waals surface area contributed by atoms with Crippen molar-refractivity contribution in [2.24, 2.45) is 5.11 Å². The van der Waals surface area contributed by atoms with Crippen LogP contribution >= 0.6 is 0 Å². The molecule has 0 atom stereocenters. The van der Waals surface area contributed by atoms with Crippen molar-refractivity contribution in [1.29, 1.82) is 0 Å². The van der Waals surface area contributed by atoms with Crippen molar-refractivity contribution < 1.29 is 19.9 Å². The maximum atomic E-state index is 10.6. The molecule has 0 bridgehead atoms. The van der Waals surface area contributed by atoms with Crippen LogP contribution in [0.5, 0.6) is 0 Å². The Morgan fingerprint density at radius 3 is 2.60 bits per heavy atom. The van der Waals surface area contributed by atoms with E-state index in [4.69, 9.17) is 20.7 Å². The predicted molar refractivity (Wildman–Crippen MR) is 52.0 cm³/mol. The van der Waals surface area contributed by atoms with Gasteiger partial charge in [-0.15, -0.1) is 0 Å². The zero-order chi connectivity index (χ0) is 11.4. The summed E-state index contributed by atoms with van der Waals surface area (Å²) >= 11 is 0. The van der Waals surface area contributed by atoms with Gasteiger partial charge in [0.2, 0.25) is 0 Å². The summed E-state index contributed by atoms with van der Waals surface area (Å²) in [6.45, 7) is 0. The first-order valence-corrected chi connectivity index (χ1v) is 3.84. The highest BCUT2D eigenvalue weighted by Gasteiger charge is 2.16. The zero-order valence-corrected chi connectivity index (χ0v) is 7.40. The molecule has 15 heavy (non-hydrogen) atoms. The lowest BCUT2D eigenvalue weighted by atomic mass is 9.78. The molecule has 0 spiro atoms. The summed E-state index contributed by atoms with van der Waals surface area (Å²) in [5.74, 6) is -1.19. The van der Waals surface area contributed by atoms with Crippen LogP contribution in [0.1, 0.15) is 10.4 Å². The maximum Gasteiger partial charge on any atom is 0.488 e. The summed E-state index contributed by atoms with van der Waals surface area (Å²) in [5.41, 5.74) is 7.95. The third-order valence-electron chi connectivity index (χ3n) is 1.71. The first-order valence-electron chi connectivity index (χ1n) is 3.84. The van der Waals surface area contributed by atoms with Gasteiger partial charge in [-0.25, -0.2) is 4.79 Å². The van der Waals surface area contributed by atoms with Gasteiger partial charge >= 0.3 is 13.1 Å². The number of carboxylic acid groups (broad SMARTS) is 1. The Hall–Kier alpha value is -2.02. The van der Waals surface area contributed by atoms with E-state index in [1.807, 2.05) is 0 Å². The molecule has 1 aromatic rings. The molecule has 0 aliphatic heterocycles. The van der Waals surface area contributed by atoms with Gasteiger partial charge in [0.15, 0.2) is 0 Å². The Morgan fingerprint density at radius 2 is 2.13 bits per heavy atom. The molecule has 8 heteroatoms. The number of hydrogen-bond donors (Lipinski definition) is 3. The quantitative estimate of drug-likeness (QED) is 0.279. The number of carbonyl (C=O) groups is 1. The van der Waals surface area contributed by atoms with Crippen molar-refractivity contribution in [3.8, 4) is 0 Å². The molecule has 0 aromatic heterocycles. The molecule has 0 aliphatic carbocycles. The molecule has 0 fully saturated rings. The lowest BCUT2D eigenvalue weighted by molar-refractivity contribution is 0.0697. The fourth-order valence-electron chi connectivity index (χ4n) is 1.03. The molecule has 76 valence electrons. The predicted octanol–water partition coefficient (Wildman–Crippen LogP) is 0.00640. The van der Waals surface area contributed by atoms with E-state index in [1.54, 1.807) is 0 Å². The van der Waals surface area contributed by atoms with E-state index in [2.05, 4.69) is 10.0 Å². The second-order valence-electron chi connectivity index (χ2n) is 2.64. The largest absolute Gasteiger partial charge is 0.488 e. The van der Waals surface area contributed by atoms with Crippen LogP contribution in [-0.4, -0.2) is 28.2 Å². The molecule has 0 amide bonds. The van der Waals surface area contributed by atoms with Crippen molar-refractivity contribution >= 4 is 24.2 Å². The molecule has 0 aliphatic rings. The third-order valence-corrected chi connectivity index (χ3v) is 1.71. The minimum atomic E-state index is -1.81. The van der Waals surface area contributed by atoms with Gasteiger partial charge in [0, 0.05) is 10.6 Å². The molecule has 0 heterocycles. The van der Waals surface area contributed by atoms with E-state index in [1.165, 1.54) is 12.1 Å². The summed E-state index contributed by atoms with van der Waals surface area (Å²) in [5, 5.41) is 29.6. The van der Waals surface area contributed by atoms with Gasteiger partial charge in [0.25, 0.3) is 0 Å². The van der Waals surface area contributed by atoms with Gasteiger partial charge in [-0.1, -0.05) is 11.2 Å². The van der Waals surface area contributed by atoms with Crippen LogP contribution in [0.2, 0.25) is 0 Å². The highest BCUT2D eigenvalue weighted by Crippen LogP contribution is 2.12. The molecular weight excluding hydrogens is 201 g/mol. The third kappa shape index (κ3) is 2.47. The molecule has 1 aromatic carbocycles. The van der Waals surface area contributed by atoms with Crippen molar-refractivity contribution in [3.63, 3.8) is 0 Å². The summed E-state index contributed by atoms with van der Waals surface area (Å²) < 4.78 is 0. The molecule has 1 rings (SSSR count). The summed E-state index contributed by atoms with van der Waals surface area (Å²) in [7, 11) is -1.81. The standard InChI is InChI=1S/C7H6BN3O4/c9-11-10-6-3-4(7(12)13)1-2-5(6)8(14)15/h1-3,14-15H,(H,12,13). The average molecular weight is 207 g/mol. The van der Waals surface area contributed by atoms with Crippen LogP contribution in [-0.2, 0) is 0 Å². The van der Waals surface area contributed by atoms with E-state index >= 15 is 0 Å². The van der Waals surface area contributed by atoms with Gasteiger partial charge in [-0.2, -0.15) is 0 Å². The van der Waals surface area contributed by atoms with Crippen LogP contribution in [0.15, 0.2) is 23.3 Å². The smallest absolute Gasteiger partial charge is 0.478 e. The van der Waals surface area contributed by atoms with Crippen molar-refractivity contribution in [1.82, 2.24) is 0 Å². The maximum absolute atomic E-state index is 10.6. The van der Waals surface area contributed by atoms with Crippen molar-refractivity contribution in [2.75, 3.05) is 0 Å². The second-order valence-corrected chi connectivity index (χ2v) is 2.64. The van der Waals surface area contributed by atoms with Gasteiger partial charge < -0.3 is 15.2 Å². The molecule has 0 saturated carbocycles. The molecule has 0 radical (unpaired) electrons. The number of nitrogens with zero attached hydrogens (tertiary/aromatic N) is 3. The number of hydrogen-bond acceptors (Lipinski definition) is 4. The van der Waals surface area contributed by atoms with Crippen molar-refractivity contribution in [3.05, 3.63) is 34.2 Å². The Morgan fingerprint density at radius 1 is 1.47 bits per heavy atom. The average Bonchev–Trinajstić information content (AvgIpc) is 2.17. The van der Waals surface area contributed by atoms with Gasteiger partial charge in [0.05, 0.1) is 5.56 Å². The molecule has 0 unspecified atom stereocenters. The SMILES string of the molecule is [N-]=[N+]=Nc1cc(C(=O)O)ccc1B(O)O. The molecule has 0 saturated heterocycles. The first-order chi connectivity index (χ1) is 7.06. The molecule has 7 nitrogen and oxygen atoms in total. The van der Waals surface area contributed by atoms with E-state index in [0.717, 1.165) is 6.07 Å². The fourth-order valence-corrected chi connectivity index (χ4v) is 1.03. The summed E-state index contributed by atoms with van der Waals surface area (Å²) in [4.78, 5) is 13.0. The highest BCUT2D eigenvalue weighted by molar-refractivity contribution is 6.60. The van der Waals surface area contributed by atoms with E-state index in [0.29, 0.717) is 0 Å². The van der Waals surface area contributed by atoms with Crippen LogP contribution in [0.3, 0.4) is 0 Å². The zero-order valence-electron chi connectivity index (χ0n) is 7.40. The Balaban J connectivity index is 3.32. The number of carboxylic acids is 1. The normalized spacial score (nSPS) is 9.20. The Labute approximate surface area is 84.4 Å². The van der Waals surface area contributed by atoms with Gasteiger partial charge in [0.1, 0.15) is 0 Å². The summed E-state index contributed by atoms with van der Waals surface area (Å²) in [6, 6.07) is 3.43. The topological polar surface area (TPSA) is 127 Å². The van der Waals surface area contributed by atoms with Gasteiger partial charge in [-0.05, 0) is 23.1 Å². The summed E-state index contributed by atoms with van der Waals surface area (Å²) in [6.07, 6.45) is 0. The fraction of sp³-hybridized carbons (Fsp3) is 0. The Bertz CT molecular complexity index is 442. The monoisotopic (exact) mass is 207 g/mol.